The van der Waals surface area contributed by atoms with Gasteiger partial charge in [0.1, 0.15) is 0 Å². The predicted octanol–water partition coefficient (Wildman–Crippen LogP) is -2.41. The molecular formula is C4H8Na2O5. The van der Waals surface area contributed by atoms with Gasteiger partial charge in [-0.05, 0) is 0 Å². The van der Waals surface area contributed by atoms with Crippen LogP contribution in [-0.2, 0) is 9.59 Å². The van der Waals surface area contributed by atoms with Gasteiger partial charge in [0.05, 0.1) is 0 Å². The van der Waals surface area contributed by atoms with E-state index in [0.717, 1.165) is 0 Å². The first kappa shape index (κ1) is 22.6. The van der Waals surface area contributed by atoms with Crippen molar-refractivity contribution in [3.05, 3.63) is 12.2 Å². The van der Waals surface area contributed by atoms with Gasteiger partial charge in [-0.25, -0.2) is 9.59 Å². The number of hydrogen-bond donors (Lipinski definition) is 2. The molecule has 0 rings (SSSR count). The Morgan fingerprint density at radius 3 is 1.18 bits per heavy atom. The standard InChI is InChI=1S/C4H4O4.2Na.H2O.2H/c5-3(6)1-2-4(7)8;;;;;/h1-2H,(H,5,6)(H,7,8);;;1H2;;/b2-1-;;;;;. The Hall–Kier alpha value is 0.640. The van der Waals surface area contributed by atoms with Gasteiger partial charge in [-0.15, -0.1) is 0 Å². The molecule has 0 aliphatic carbocycles. The maximum absolute atomic E-state index is 9.55. The number of hydrogen-bond acceptors (Lipinski definition) is 2. The van der Waals surface area contributed by atoms with E-state index in [2.05, 4.69) is 0 Å². The van der Waals surface area contributed by atoms with Gasteiger partial charge in [0, 0.05) is 12.2 Å². The third-order valence-corrected chi connectivity index (χ3v) is 0.368. The first-order valence-electron chi connectivity index (χ1n) is 1.77. The maximum atomic E-state index is 9.55. The van der Waals surface area contributed by atoms with E-state index in [4.69, 9.17) is 10.2 Å². The normalized spacial score (nSPS) is 6.91. The minimum absolute atomic E-state index is 0. The van der Waals surface area contributed by atoms with Gasteiger partial charge < -0.3 is 15.7 Å². The summed E-state index contributed by atoms with van der Waals surface area (Å²) in [6.07, 6.45) is 1.12. The fourth-order valence-corrected chi connectivity index (χ4v) is 0.143. The van der Waals surface area contributed by atoms with Crippen LogP contribution in [0.5, 0.6) is 0 Å². The average Bonchev–Trinajstić information content (AvgIpc) is 1.61. The molecule has 0 bridgehead atoms. The van der Waals surface area contributed by atoms with Crippen molar-refractivity contribution < 1.29 is 25.3 Å². The fourth-order valence-electron chi connectivity index (χ4n) is 0.143. The summed E-state index contributed by atoms with van der Waals surface area (Å²) in [5.74, 6) is -2.51. The van der Waals surface area contributed by atoms with Gasteiger partial charge >= 0.3 is 71.1 Å². The number of rotatable bonds is 2. The zero-order valence-electron chi connectivity index (χ0n) is 4.37. The van der Waals surface area contributed by atoms with Crippen LogP contribution in [0.3, 0.4) is 0 Å². The molecular weight excluding hydrogens is 174 g/mol. The van der Waals surface area contributed by atoms with Gasteiger partial charge in [0.25, 0.3) is 0 Å². The first-order chi connectivity index (χ1) is 3.63. The molecule has 0 aromatic heterocycles. The molecule has 0 spiro atoms. The SMILES string of the molecule is O.O=C(O)/C=C\C(=O)O.[NaH].[NaH]. The molecule has 0 heterocycles. The van der Waals surface area contributed by atoms with Crippen LogP contribution in [0.15, 0.2) is 12.2 Å². The second-order valence-corrected chi connectivity index (χ2v) is 1.01. The van der Waals surface area contributed by atoms with E-state index < -0.39 is 11.9 Å². The molecule has 0 aliphatic heterocycles. The number of carboxylic acid groups (broad SMARTS) is 2. The molecule has 0 atom stereocenters. The van der Waals surface area contributed by atoms with Crippen molar-refractivity contribution in [2.45, 2.75) is 0 Å². The molecule has 0 saturated heterocycles. The van der Waals surface area contributed by atoms with Crippen LogP contribution >= 0.6 is 0 Å². The summed E-state index contributed by atoms with van der Waals surface area (Å²) in [6, 6.07) is 0. The number of carboxylic acids is 2. The first-order valence-corrected chi connectivity index (χ1v) is 1.77. The van der Waals surface area contributed by atoms with Crippen LogP contribution < -0.4 is 0 Å². The van der Waals surface area contributed by atoms with Crippen LogP contribution in [0.2, 0.25) is 0 Å². The van der Waals surface area contributed by atoms with Gasteiger partial charge in [-0.2, -0.15) is 0 Å². The molecule has 0 saturated carbocycles. The molecule has 11 heavy (non-hydrogen) atoms. The van der Waals surface area contributed by atoms with Gasteiger partial charge in [-0.1, -0.05) is 0 Å². The number of carbonyl (C=O) groups is 2. The third-order valence-electron chi connectivity index (χ3n) is 0.368. The summed E-state index contributed by atoms with van der Waals surface area (Å²) in [5, 5.41) is 15.6. The summed E-state index contributed by atoms with van der Waals surface area (Å²) in [5.41, 5.74) is 0. The van der Waals surface area contributed by atoms with Crippen molar-refractivity contribution in [1.82, 2.24) is 0 Å². The Balaban J connectivity index is -0.0000000817. The van der Waals surface area contributed by atoms with E-state index in [1.807, 2.05) is 0 Å². The van der Waals surface area contributed by atoms with E-state index in [0.29, 0.717) is 12.2 Å². The van der Waals surface area contributed by atoms with Crippen molar-refractivity contribution in [3.8, 4) is 0 Å². The predicted molar refractivity (Wildman–Crippen MR) is 42.3 cm³/mol. The van der Waals surface area contributed by atoms with Crippen molar-refractivity contribution >= 4 is 71.1 Å². The molecule has 0 amide bonds. The van der Waals surface area contributed by atoms with E-state index in [1.165, 1.54) is 0 Å². The summed E-state index contributed by atoms with van der Waals surface area (Å²) in [7, 11) is 0. The van der Waals surface area contributed by atoms with Crippen LogP contribution in [0.1, 0.15) is 0 Å². The van der Waals surface area contributed by atoms with Crippen molar-refractivity contribution in [3.63, 3.8) is 0 Å². The second-order valence-electron chi connectivity index (χ2n) is 1.01. The van der Waals surface area contributed by atoms with E-state index in [-0.39, 0.29) is 64.6 Å². The molecule has 0 aliphatic rings. The quantitative estimate of drug-likeness (QED) is 0.366. The minimum atomic E-state index is -1.26. The van der Waals surface area contributed by atoms with Crippen LogP contribution in [0, 0.1) is 0 Å². The average molecular weight is 182 g/mol. The zero-order valence-corrected chi connectivity index (χ0v) is 4.37. The Kier molecular flexibility index (Phi) is 27.2. The zero-order chi connectivity index (χ0) is 6.57. The monoisotopic (exact) mass is 182 g/mol. The van der Waals surface area contributed by atoms with Crippen molar-refractivity contribution in [2.24, 2.45) is 0 Å². The van der Waals surface area contributed by atoms with Crippen molar-refractivity contribution in [2.75, 3.05) is 0 Å². The third kappa shape index (κ3) is 25.0. The van der Waals surface area contributed by atoms with Crippen molar-refractivity contribution in [1.29, 1.82) is 0 Å². The van der Waals surface area contributed by atoms with E-state index >= 15 is 0 Å². The summed E-state index contributed by atoms with van der Waals surface area (Å²) >= 11 is 0. The van der Waals surface area contributed by atoms with E-state index in [1.54, 1.807) is 0 Å². The molecule has 0 aromatic carbocycles. The van der Waals surface area contributed by atoms with E-state index in [9.17, 15) is 9.59 Å². The molecule has 0 aromatic rings. The molecule has 0 radical (unpaired) electrons. The number of aliphatic carboxylic acids is 2. The Morgan fingerprint density at radius 1 is 0.909 bits per heavy atom. The van der Waals surface area contributed by atoms with Gasteiger partial charge in [0.2, 0.25) is 0 Å². The molecule has 0 fully saturated rings. The molecule has 7 heteroatoms. The summed E-state index contributed by atoms with van der Waals surface area (Å²) < 4.78 is 0. The van der Waals surface area contributed by atoms with Crippen LogP contribution in [0.4, 0.5) is 0 Å². The fraction of sp³-hybridized carbons (Fsp3) is 0. The summed E-state index contributed by atoms with van der Waals surface area (Å²) in [4.78, 5) is 19.1. The Labute approximate surface area is 107 Å². The summed E-state index contributed by atoms with van der Waals surface area (Å²) in [6.45, 7) is 0. The Bertz CT molecular complexity index is 127. The molecule has 0 unspecified atom stereocenters. The topological polar surface area (TPSA) is 106 Å². The van der Waals surface area contributed by atoms with Gasteiger partial charge in [-0.3, -0.25) is 0 Å². The molecule has 56 valence electrons. The molecule has 4 N–H and O–H groups in total. The Morgan fingerprint density at radius 2 is 1.09 bits per heavy atom. The second kappa shape index (κ2) is 13.2. The van der Waals surface area contributed by atoms with Crippen LogP contribution in [-0.4, -0.2) is 86.7 Å². The van der Waals surface area contributed by atoms with Gasteiger partial charge in [0.15, 0.2) is 0 Å². The molecule has 5 nitrogen and oxygen atoms in total. The van der Waals surface area contributed by atoms with Crippen LogP contribution in [0.25, 0.3) is 0 Å².